The Hall–Kier alpha value is -1.88. The Balaban J connectivity index is 2.50. The number of aromatic nitrogens is 2. The third kappa shape index (κ3) is 2.93. The van der Waals surface area contributed by atoms with Crippen LogP contribution in [0.5, 0.6) is 5.75 Å². The summed E-state index contributed by atoms with van der Waals surface area (Å²) in [6, 6.07) is 5.00. The van der Waals surface area contributed by atoms with Crippen molar-refractivity contribution in [3.63, 3.8) is 0 Å². The lowest BCUT2D eigenvalue weighted by Crippen LogP contribution is -2.23. The molecule has 1 N–H and O–H groups in total. The predicted molar refractivity (Wildman–Crippen MR) is 81.2 cm³/mol. The largest absolute Gasteiger partial charge is 0.494 e. The molecule has 0 spiro atoms. The molecule has 0 fully saturated rings. The Labute approximate surface area is 124 Å². The molecule has 1 aromatic carbocycles. The SMILES string of the molecule is CCNC(c1ccc(OC)c(F)c1)c1c(C)nn(C)c1C. The van der Waals surface area contributed by atoms with Gasteiger partial charge in [0.05, 0.1) is 18.8 Å². The van der Waals surface area contributed by atoms with Crippen molar-refractivity contribution in [2.24, 2.45) is 7.05 Å². The number of rotatable bonds is 5. The van der Waals surface area contributed by atoms with E-state index in [-0.39, 0.29) is 17.6 Å². The summed E-state index contributed by atoms with van der Waals surface area (Å²) in [4.78, 5) is 0. The lowest BCUT2D eigenvalue weighted by atomic mass is 9.96. The first kappa shape index (κ1) is 15.5. The second-order valence-electron chi connectivity index (χ2n) is 5.09. The number of aryl methyl sites for hydroxylation is 2. The summed E-state index contributed by atoms with van der Waals surface area (Å²) in [5.74, 6) is -0.0919. The molecule has 4 nitrogen and oxygen atoms in total. The van der Waals surface area contributed by atoms with Crippen LogP contribution in [0.15, 0.2) is 18.2 Å². The van der Waals surface area contributed by atoms with Gasteiger partial charge in [-0.2, -0.15) is 5.10 Å². The fourth-order valence-electron chi connectivity index (χ4n) is 2.66. The lowest BCUT2D eigenvalue weighted by molar-refractivity contribution is 0.385. The van der Waals surface area contributed by atoms with Gasteiger partial charge in [0, 0.05) is 18.3 Å². The first-order valence-electron chi connectivity index (χ1n) is 7.06. The van der Waals surface area contributed by atoms with Crippen molar-refractivity contribution in [2.75, 3.05) is 13.7 Å². The highest BCUT2D eigenvalue weighted by atomic mass is 19.1. The van der Waals surface area contributed by atoms with Gasteiger partial charge >= 0.3 is 0 Å². The van der Waals surface area contributed by atoms with Gasteiger partial charge in [-0.25, -0.2) is 4.39 Å². The normalized spacial score (nSPS) is 12.5. The molecule has 5 heteroatoms. The predicted octanol–water partition coefficient (Wildman–Crippen LogP) is 2.88. The average molecular weight is 291 g/mol. The molecule has 0 saturated heterocycles. The van der Waals surface area contributed by atoms with E-state index in [1.165, 1.54) is 13.2 Å². The zero-order valence-corrected chi connectivity index (χ0v) is 13.2. The smallest absolute Gasteiger partial charge is 0.165 e. The number of methoxy groups -OCH3 is 1. The molecule has 21 heavy (non-hydrogen) atoms. The molecule has 0 bridgehead atoms. The van der Waals surface area contributed by atoms with Gasteiger partial charge in [-0.3, -0.25) is 4.68 Å². The highest BCUT2D eigenvalue weighted by Gasteiger charge is 2.22. The first-order valence-corrected chi connectivity index (χ1v) is 7.06. The van der Waals surface area contributed by atoms with Gasteiger partial charge in [0.1, 0.15) is 0 Å². The highest BCUT2D eigenvalue weighted by molar-refractivity contribution is 5.40. The number of ether oxygens (including phenoxy) is 1. The zero-order valence-electron chi connectivity index (χ0n) is 13.2. The second-order valence-corrected chi connectivity index (χ2v) is 5.09. The Morgan fingerprint density at radius 2 is 2.10 bits per heavy atom. The summed E-state index contributed by atoms with van der Waals surface area (Å²) >= 11 is 0. The van der Waals surface area contributed by atoms with E-state index in [2.05, 4.69) is 10.4 Å². The minimum absolute atomic E-state index is 0.0795. The van der Waals surface area contributed by atoms with E-state index in [1.54, 1.807) is 6.07 Å². The number of hydrogen-bond acceptors (Lipinski definition) is 3. The van der Waals surface area contributed by atoms with E-state index < -0.39 is 0 Å². The standard InChI is InChI=1S/C16H22FN3O/c1-6-18-16(15-10(2)19-20(4)11(15)3)12-7-8-14(21-5)13(17)9-12/h7-9,16,18H,6H2,1-5H3. The van der Waals surface area contributed by atoms with Crippen LogP contribution in [-0.2, 0) is 7.05 Å². The monoisotopic (exact) mass is 291 g/mol. The molecule has 0 amide bonds. The molecule has 2 aromatic rings. The quantitative estimate of drug-likeness (QED) is 0.920. The fraction of sp³-hybridized carbons (Fsp3) is 0.438. The van der Waals surface area contributed by atoms with Crippen molar-refractivity contribution in [2.45, 2.75) is 26.8 Å². The molecule has 0 saturated carbocycles. The number of benzene rings is 1. The summed E-state index contributed by atoms with van der Waals surface area (Å²) in [7, 11) is 3.39. The molecule has 1 aromatic heterocycles. The van der Waals surface area contributed by atoms with Crippen LogP contribution in [0.4, 0.5) is 4.39 Å². The van der Waals surface area contributed by atoms with Crippen LogP contribution in [0.25, 0.3) is 0 Å². The number of hydrogen-bond donors (Lipinski definition) is 1. The molecule has 114 valence electrons. The van der Waals surface area contributed by atoms with Gasteiger partial charge in [0.25, 0.3) is 0 Å². The minimum atomic E-state index is -0.350. The van der Waals surface area contributed by atoms with E-state index >= 15 is 0 Å². The maximum Gasteiger partial charge on any atom is 0.165 e. The van der Waals surface area contributed by atoms with Crippen molar-refractivity contribution in [1.82, 2.24) is 15.1 Å². The second kappa shape index (κ2) is 6.26. The summed E-state index contributed by atoms with van der Waals surface area (Å²) in [5.41, 5.74) is 4.00. The highest BCUT2D eigenvalue weighted by Crippen LogP contribution is 2.30. The van der Waals surface area contributed by atoms with Gasteiger partial charge in [0.15, 0.2) is 11.6 Å². The van der Waals surface area contributed by atoms with Gasteiger partial charge in [-0.05, 0) is 38.1 Å². The summed E-state index contributed by atoms with van der Waals surface area (Å²) in [6.45, 7) is 6.83. The molecular weight excluding hydrogens is 269 g/mol. The Morgan fingerprint density at radius 3 is 2.57 bits per heavy atom. The molecule has 0 aliphatic heterocycles. The number of halogens is 1. The molecule has 0 aliphatic rings. The van der Waals surface area contributed by atoms with E-state index in [0.717, 1.165) is 29.1 Å². The van der Waals surface area contributed by atoms with Crippen LogP contribution in [0.2, 0.25) is 0 Å². The molecule has 0 radical (unpaired) electrons. The Kier molecular flexibility index (Phi) is 4.63. The van der Waals surface area contributed by atoms with Crippen molar-refractivity contribution in [3.05, 3.63) is 46.5 Å². The Bertz CT molecular complexity index is 637. The van der Waals surface area contributed by atoms with Crippen molar-refractivity contribution in [3.8, 4) is 5.75 Å². The van der Waals surface area contributed by atoms with E-state index in [4.69, 9.17) is 4.74 Å². The maximum absolute atomic E-state index is 14.0. The summed E-state index contributed by atoms with van der Waals surface area (Å²) < 4.78 is 20.8. The maximum atomic E-state index is 14.0. The van der Waals surface area contributed by atoms with Crippen LogP contribution in [0, 0.1) is 19.7 Å². The van der Waals surface area contributed by atoms with E-state index in [1.807, 2.05) is 38.6 Å². The summed E-state index contributed by atoms with van der Waals surface area (Å²) in [5, 5.41) is 7.87. The average Bonchev–Trinajstić information content (AvgIpc) is 2.70. The third-order valence-electron chi connectivity index (χ3n) is 3.77. The lowest BCUT2D eigenvalue weighted by Gasteiger charge is -2.20. The number of nitrogens with one attached hydrogen (secondary N) is 1. The van der Waals surface area contributed by atoms with Crippen LogP contribution < -0.4 is 10.1 Å². The summed E-state index contributed by atoms with van der Waals surface area (Å²) in [6.07, 6.45) is 0. The molecule has 1 unspecified atom stereocenters. The molecule has 0 aliphatic carbocycles. The third-order valence-corrected chi connectivity index (χ3v) is 3.77. The van der Waals surface area contributed by atoms with Crippen LogP contribution in [0.3, 0.4) is 0 Å². The van der Waals surface area contributed by atoms with Crippen LogP contribution >= 0.6 is 0 Å². The van der Waals surface area contributed by atoms with Gasteiger partial charge in [-0.15, -0.1) is 0 Å². The minimum Gasteiger partial charge on any atom is -0.494 e. The van der Waals surface area contributed by atoms with Gasteiger partial charge < -0.3 is 10.1 Å². The van der Waals surface area contributed by atoms with Gasteiger partial charge in [-0.1, -0.05) is 13.0 Å². The van der Waals surface area contributed by atoms with Crippen LogP contribution in [-0.4, -0.2) is 23.4 Å². The van der Waals surface area contributed by atoms with Crippen molar-refractivity contribution < 1.29 is 9.13 Å². The molecule has 1 heterocycles. The zero-order chi connectivity index (χ0) is 15.6. The molecular formula is C16H22FN3O. The first-order chi connectivity index (χ1) is 9.99. The van der Waals surface area contributed by atoms with Crippen molar-refractivity contribution >= 4 is 0 Å². The number of nitrogens with zero attached hydrogens (tertiary/aromatic N) is 2. The topological polar surface area (TPSA) is 39.1 Å². The van der Waals surface area contributed by atoms with E-state index in [9.17, 15) is 4.39 Å². The van der Waals surface area contributed by atoms with E-state index in [0.29, 0.717) is 0 Å². The molecule has 2 rings (SSSR count). The van der Waals surface area contributed by atoms with Crippen molar-refractivity contribution in [1.29, 1.82) is 0 Å². The Morgan fingerprint density at radius 1 is 1.38 bits per heavy atom. The van der Waals surface area contributed by atoms with Gasteiger partial charge in [0.2, 0.25) is 0 Å². The van der Waals surface area contributed by atoms with Crippen LogP contribution in [0.1, 0.15) is 35.5 Å². The molecule has 1 atom stereocenters. The fourth-order valence-corrected chi connectivity index (χ4v) is 2.66.